The molecule has 1 atom stereocenters. The van der Waals surface area contributed by atoms with Gasteiger partial charge in [-0.1, -0.05) is 0 Å². The molecule has 0 amide bonds. The summed E-state index contributed by atoms with van der Waals surface area (Å²) in [5.41, 5.74) is 1.66. The smallest absolute Gasteiger partial charge is 0.283 e. The lowest BCUT2D eigenvalue weighted by Gasteiger charge is -2.23. The van der Waals surface area contributed by atoms with Gasteiger partial charge in [0.1, 0.15) is 0 Å². The molecule has 0 spiro atoms. The predicted molar refractivity (Wildman–Crippen MR) is 79.7 cm³/mol. The van der Waals surface area contributed by atoms with Crippen LogP contribution in [0.2, 0.25) is 0 Å². The van der Waals surface area contributed by atoms with E-state index in [4.69, 9.17) is 0 Å². The van der Waals surface area contributed by atoms with Gasteiger partial charge in [0.2, 0.25) is 0 Å². The number of imidazole rings is 1. The third-order valence-electron chi connectivity index (χ3n) is 3.73. The van der Waals surface area contributed by atoms with E-state index in [-0.39, 0.29) is 17.1 Å². The highest BCUT2D eigenvalue weighted by Crippen LogP contribution is 2.35. The van der Waals surface area contributed by atoms with Gasteiger partial charge in [0.15, 0.2) is 5.03 Å². The van der Waals surface area contributed by atoms with E-state index in [0.29, 0.717) is 12.1 Å². The van der Waals surface area contributed by atoms with Crippen LogP contribution in [0, 0.1) is 0 Å². The van der Waals surface area contributed by atoms with Crippen LogP contribution in [0.5, 0.6) is 0 Å². The van der Waals surface area contributed by atoms with Gasteiger partial charge in [-0.15, -0.1) is 0 Å². The molecule has 2 aromatic rings. The second kappa shape index (κ2) is 4.84. The van der Waals surface area contributed by atoms with Crippen molar-refractivity contribution in [2.24, 2.45) is 0 Å². The first-order chi connectivity index (χ1) is 9.91. The average Bonchev–Trinajstić information content (AvgIpc) is 3.02. The molecule has 0 aliphatic carbocycles. The fourth-order valence-corrected chi connectivity index (χ4v) is 4.25. The van der Waals surface area contributed by atoms with Crippen molar-refractivity contribution in [3.8, 4) is 0 Å². The first kappa shape index (κ1) is 14.1. The van der Waals surface area contributed by atoms with Gasteiger partial charge < -0.3 is 4.57 Å². The van der Waals surface area contributed by atoms with E-state index in [0.717, 1.165) is 5.56 Å². The lowest BCUT2D eigenvalue weighted by atomic mass is 10.2. The van der Waals surface area contributed by atoms with Crippen molar-refractivity contribution in [3.63, 3.8) is 0 Å². The van der Waals surface area contributed by atoms with Gasteiger partial charge in [0.05, 0.1) is 12.0 Å². The molecule has 3 rings (SSSR count). The fraction of sp³-hybridized carbons (Fsp3) is 0.429. The molecule has 0 radical (unpaired) electrons. The Labute approximate surface area is 124 Å². The second-order valence-electron chi connectivity index (χ2n) is 5.61. The molecule has 0 N–H and O–H groups in total. The number of anilines is 1. The second-order valence-corrected chi connectivity index (χ2v) is 7.37. The molecule has 1 aliphatic heterocycles. The molecule has 0 saturated carbocycles. The Morgan fingerprint density at radius 2 is 2.14 bits per heavy atom. The SMILES string of the molecule is CC1Cc2cnccc2N1S(=O)(=O)c1cn(C(C)C)cn1. The first-order valence-corrected chi connectivity index (χ1v) is 8.36. The van der Waals surface area contributed by atoms with Crippen molar-refractivity contribution < 1.29 is 8.42 Å². The molecule has 1 unspecified atom stereocenters. The maximum Gasteiger partial charge on any atom is 0.283 e. The van der Waals surface area contributed by atoms with Crippen molar-refractivity contribution in [3.05, 3.63) is 36.5 Å². The van der Waals surface area contributed by atoms with Crippen molar-refractivity contribution in [1.82, 2.24) is 14.5 Å². The normalized spacial score (nSPS) is 18.3. The monoisotopic (exact) mass is 306 g/mol. The van der Waals surface area contributed by atoms with Gasteiger partial charge in [-0.05, 0) is 38.8 Å². The van der Waals surface area contributed by atoms with Crippen LogP contribution in [0.25, 0.3) is 0 Å². The van der Waals surface area contributed by atoms with Crippen LogP contribution >= 0.6 is 0 Å². The van der Waals surface area contributed by atoms with Crippen molar-refractivity contribution in [2.75, 3.05) is 4.31 Å². The van der Waals surface area contributed by atoms with E-state index < -0.39 is 10.0 Å². The molecule has 1 aliphatic rings. The number of hydrogen-bond acceptors (Lipinski definition) is 4. The number of rotatable bonds is 3. The summed E-state index contributed by atoms with van der Waals surface area (Å²) in [4.78, 5) is 8.14. The lowest BCUT2D eigenvalue weighted by Crippen LogP contribution is -2.35. The summed E-state index contributed by atoms with van der Waals surface area (Å²) in [6.07, 6.45) is 7.17. The van der Waals surface area contributed by atoms with E-state index in [1.807, 2.05) is 20.8 Å². The largest absolute Gasteiger partial charge is 0.334 e. The number of fused-ring (bicyclic) bond motifs is 1. The van der Waals surface area contributed by atoms with Crippen LogP contribution in [0.3, 0.4) is 0 Å². The van der Waals surface area contributed by atoms with Crippen LogP contribution in [0.4, 0.5) is 5.69 Å². The average molecular weight is 306 g/mol. The molecule has 0 aromatic carbocycles. The molecular weight excluding hydrogens is 288 g/mol. The third kappa shape index (κ3) is 2.21. The molecule has 2 aromatic heterocycles. The van der Waals surface area contributed by atoms with Crippen LogP contribution < -0.4 is 4.31 Å². The minimum Gasteiger partial charge on any atom is -0.334 e. The summed E-state index contributed by atoms with van der Waals surface area (Å²) in [7, 11) is -3.64. The number of aromatic nitrogens is 3. The Kier molecular flexibility index (Phi) is 3.24. The minimum absolute atomic E-state index is 0.0905. The highest BCUT2D eigenvalue weighted by Gasteiger charge is 2.37. The van der Waals surface area contributed by atoms with Crippen LogP contribution in [-0.4, -0.2) is 29.0 Å². The summed E-state index contributed by atoms with van der Waals surface area (Å²) in [6, 6.07) is 1.79. The topological polar surface area (TPSA) is 68.1 Å². The fourth-order valence-electron chi connectivity index (χ4n) is 2.63. The van der Waals surface area contributed by atoms with Gasteiger partial charge >= 0.3 is 0 Å². The predicted octanol–water partition coefficient (Wildman–Crippen LogP) is 2.00. The van der Waals surface area contributed by atoms with Crippen molar-refractivity contribution >= 4 is 15.7 Å². The summed E-state index contributed by atoms with van der Waals surface area (Å²) in [6.45, 7) is 5.87. The van der Waals surface area contributed by atoms with E-state index >= 15 is 0 Å². The Morgan fingerprint density at radius 1 is 1.38 bits per heavy atom. The summed E-state index contributed by atoms with van der Waals surface area (Å²) in [5, 5.41) is 0.0905. The van der Waals surface area contributed by atoms with Gasteiger partial charge in [0, 0.05) is 30.7 Å². The maximum absolute atomic E-state index is 12.9. The third-order valence-corrected chi connectivity index (χ3v) is 5.54. The molecule has 3 heterocycles. The number of sulfonamides is 1. The van der Waals surface area contributed by atoms with Crippen LogP contribution in [-0.2, 0) is 16.4 Å². The Hall–Kier alpha value is -1.89. The number of pyridine rings is 1. The highest BCUT2D eigenvalue weighted by molar-refractivity contribution is 7.92. The van der Waals surface area contributed by atoms with Crippen molar-refractivity contribution in [2.45, 2.75) is 44.3 Å². The molecule has 21 heavy (non-hydrogen) atoms. The maximum atomic E-state index is 12.9. The zero-order valence-corrected chi connectivity index (χ0v) is 13.1. The van der Waals surface area contributed by atoms with Gasteiger partial charge in [-0.25, -0.2) is 4.98 Å². The molecule has 112 valence electrons. The van der Waals surface area contributed by atoms with E-state index in [1.54, 1.807) is 35.6 Å². The quantitative estimate of drug-likeness (QED) is 0.870. The lowest BCUT2D eigenvalue weighted by molar-refractivity contribution is 0.578. The van der Waals surface area contributed by atoms with E-state index in [9.17, 15) is 8.42 Å². The van der Waals surface area contributed by atoms with Gasteiger partial charge in [-0.2, -0.15) is 8.42 Å². The molecule has 0 saturated heterocycles. The number of nitrogens with zero attached hydrogens (tertiary/aromatic N) is 4. The zero-order chi connectivity index (χ0) is 15.2. The molecule has 6 nitrogen and oxygen atoms in total. The molecule has 0 fully saturated rings. The number of hydrogen-bond donors (Lipinski definition) is 0. The Morgan fingerprint density at radius 3 is 2.81 bits per heavy atom. The first-order valence-electron chi connectivity index (χ1n) is 6.92. The van der Waals surface area contributed by atoms with Gasteiger partial charge in [-0.3, -0.25) is 9.29 Å². The Balaban J connectivity index is 2.06. The minimum atomic E-state index is -3.64. The van der Waals surface area contributed by atoms with Crippen LogP contribution in [0.15, 0.2) is 36.0 Å². The summed E-state index contributed by atoms with van der Waals surface area (Å²) in [5.74, 6) is 0. The standard InChI is InChI=1S/C14H18N4O2S/c1-10(2)17-8-14(16-9-17)21(19,20)18-11(3)6-12-7-15-5-4-13(12)18/h4-5,7-11H,6H2,1-3H3. The van der Waals surface area contributed by atoms with E-state index in [1.165, 1.54) is 4.31 Å². The molecular formula is C14H18N4O2S. The van der Waals surface area contributed by atoms with Crippen molar-refractivity contribution in [1.29, 1.82) is 0 Å². The molecule has 0 bridgehead atoms. The molecule has 7 heteroatoms. The highest BCUT2D eigenvalue weighted by atomic mass is 32.2. The van der Waals surface area contributed by atoms with Crippen LogP contribution in [0.1, 0.15) is 32.4 Å². The summed E-state index contributed by atoms with van der Waals surface area (Å²) < 4.78 is 29.0. The zero-order valence-electron chi connectivity index (χ0n) is 12.3. The Bertz CT molecular complexity index is 767. The van der Waals surface area contributed by atoms with E-state index in [2.05, 4.69) is 9.97 Å². The summed E-state index contributed by atoms with van der Waals surface area (Å²) >= 11 is 0. The van der Waals surface area contributed by atoms with Gasteiger partial charge in [0.25, 0.3) is 10.0 Å².